The van der Waals surface area contributed by atoms with E-state index in [9.17, 15) is 4.79 Å². The molecule has 6 heteroatoms. The average Bonchev–Trinajstić information content (AvgIpc) is 2.50. The number of benzene rings is 2. The third-order valence-corrected chi connectivity index (χ3v) is 4.13. The number of rotatable bonds is 2. The van der Waals surface area contributed by atoms with Gasteiger partial charge in [-0.3, -0.25) is 14.8 Å². The number of para-hydroxylation sites is 1. The summed E-state index contributed by atoms with van der Waals surface area (Å²) in [5, 5.41) is 3.41. The fourth-order valence-electron chi connectivity index (χ4n) is 1.95. The lowest BCUT2D eigenvalue weighted by Gasteiger charge is -2.08. The van der Waals surface area contributed by atoms with Crippen LogP contribution in [0.1, 0.15) is 10.4 Å². The molecule has 0 saturated heterocycles. The lowest BCUT2D eigenvalue weighted by atomic mass is 10.1. The van der Waals surface area contributed by atoms with E-state index < -0.39 is 0 Å². The number of hydrogen-bond donors (Lipinski definition) is 1. The van der Waals surface area contributed by atoms with Crippen molar-refractivity contribution in [2.45, 2.75) is 0 Å². The van der Waals surface area contributed by atoms with Crippen LogP contribution in [0.25, 0.3) is 11.0 Å². The summed E-state index contributed by atoms with van der Waals surface area (Å²) in [6.07, 6.45) is 3.16. The van der Waals surface area contributed by atoms with Gasteiger partial charge in [-0.25, -0.2) is 0 Å². The van der Waals surface area contributed by atoms with Gasteiger partial charge in [0, 0.05) is 22.6 Å². The zero-order chi connectivity index (χ0) is 14.8. The molecule has 0 fully saturated rings. The maximum absolute atomic E-state index is 12.4. The quantitative estimate of drug-likeness (QED) is 0.739. The van der Waals surface area contributed by atoms with Crippen molar-refractivity contribution in [3.63, 3.8) is 0 Å². The summed E-state index contributed by atoms with van der Waals surface area (Å²) in [5.41, 5.74) is 2.39. The molecule has 2 aromatic carbocycles. The van der Waals surface area contributed by atoms with Crippen LogP contribution in [0.2, 0.25) is 5.02 Å². The van der Waals surface area contributed by atoms with Gasteiger partial charge in [-0.15, -0.1) is 0 Å². The van der Waals surface area contributed by atoms with Crippen molar-refractivity contribution in [1.29, 1.82) is 0 Å². The van der Waals surface area contributed by atoms with Crippen LogP contribution in [0.15, 0.2) is 53.3 Å². The molecule has 3 aromatic rings. The summed E-state index contributed by atoms with van der Waals surface area (Å²) >= 11 is 9.26. The molecule has 104 valence electrons. The Balaban J connectivity index is 1.95. The first-order valence-electron chi connectivity index (χ1n) is 6.11. The third-order valence-electron chi connectivity index (χ3n) is 2.92. The van der Waals surface area contributed by atoms with Crippen LogP contribution >= 0.6 is 27.5 Å². The van der Waals surface area contributed by atoms with Crippen molar-refractivity contribution in [2.75, 3.05) is 5.32 Å². The molecular weight excluding hydrogens is 354 g/mol. The van der Waals surface area contributed by atoms with Crippen molar-refractivity contribution >= 4 is 50.2 Å². The molecule has 0 aliphatic carbocycles. The first-order chi connectivity index (χ1) is 10.1. The molecule has 0 bridgehead atoms. The monoisotopic (exact) mass is 361 g/mol. The maximum Gasteiger partial charge on any atom is 0.257 e. The van der Waals surface area contributed by atoms with Gasteiger partial charge >= 0.3 is 0 Å². The number of aromatic nitrogens is 2. The van der Waals surface area contributed by atoms with Crippen molar-refractivity contribution < 1.29 is 4.79 Å². The Morgan fingerprint density at radius 1 is 1.14 bits per heavy atom. The lowest BCUT2D eigenvalue weighted by molar-refractivity contribution is 0.102. The van der Waals surface area contributed by atoms with Crippen molar-refractivity contribution in [2.24, 2.45) is 0 Å². The van der Waals surface area contributed by atoms with Crippen molar-refractivity contribution in [3.05, 3.63) is 63.9 Å². The van der Waals surface area contributed by atoms with Crippen LogP contribution in [0.5, 0.6) is 0 Å². The molecule has 0 atom stereocenters. The Labute approximate surface area is 134 Å². The van der Waals surface area contributed by atoms with E-state index in [-0.39, 0.29) is 5.91 Å². The van der Waals surface area contributed by atoms with Gasteiger partial charge in [-0.2, -0.15) is 0 Å². The first-order valence-corrected chi connectivity index (χ1v) is 7.28. The minimum Gasteiger partial charge on any atom is -0.322 e. The van der Waals surface area contributed by atoms with E-state index in [1.807, 2.05) is 6.07 Å². The van der Waals surface area contributed by atoms with Crippen molar-refractivity contribution in [3.8, 4) is 0 Å². The van der Waals surface area contributed by atoms with E-state index in [0.29, 0.717) is 27.3 Å². The van der Waals surface area contributed by atoms with Gasteiger partial charge < -0.3 is 5.32 Å². The Morgan fingerprint density at radius 3 is 2.76 bits per heavy atom. The maximum atomic E-state index is 12.4. The minimum atomic E-state index is -0.240. The number of nitrogens with zero attached hydrogens (tertiary/aromatic N) is 2. The van der Waals surface area contributed by atoms with E-state index >= 15 is 0 Å². The highest BCUT2D eigenvalue weighted by molar-refractivity contribution is 9.10. The second-order valence-electron chi connectivity index (χ2n) is 4.31. The van der Waals surface area contributed by atoms with Gasteiger partial charge in [0.05, 0.1) is 16.1 Å². The summed E-state index contributed by atoms with van der Waals surface area (Å²) in [7, 11) is 0. The SMILES string of the molecule is O=C(Nc1ccc(Cl)c(Br)c1)c1cccc2nccnc12. The minimum absolute atomic E-state index is 0.240. The number of carbonyl (C=O) groups excluding carboxylic acids is 1. The zero-order valence-electron chi connectivity index (χ0n) is 10.7. The number of hydrogen-bond acceptors (Lipinski definition) is 3. The van der Waals surface area contributed by atoms with Gasteiger partial charge in [0.2, 0.25) is 0 Å². The summed E-state index contributed by atoms with van der Waals surface area (Å²) in [4.78, 5) is 20.8. The van der Waals surface area contributed by atoms with Crippen LogP contribution in [0.4, 0.5) is 5.69 Å². The van der Waals surface area contributed by atoms with E-state index in [0.717, 1.165) is 4.47 Å². The summed E-state index contributed by atoms with van der Waals surface area (Å²) in [6.45, 7) is 0. The summed E-state index contributed by atoms with van der Waals surface area (Å²) in [6, 6.07) is 10.5. The second kappa shape index (κ2) is 5.79. The van der Waals surface area contributed by atoms with E-state index in [1.165, 1.54) is 0 Å². The molecule has 1 amide bonds. The highest BCUT2D eigenvalue weighted by Crippen LogP contribution is 2.26. The van der Waals surface area contributed by atoms with Crippen LogP contribution in [0, 0.1) is 0 Å². The predicted octanol–water partition coefficient (Wildman–Crippen LogP) is 4.30. The molecule has 0 saturated carbocycles. The number of halogens is 2. The normalized spacial score (nSPS) is 10.6. The molecule has 4 nitrogen and oxygen atoms in total. The molecule has 1 N–H and O–H groups in total. The molecule has 1 aromatic heterocycles. The Kier molecular flexibility index (Phi) is 3.86. The molecule has 1 heterocycles. The molecule has 0 radical (unpaired) electrons. The lowest BCUT2D eigenvalue weighted by Crippen LogP contribution is -2.13. The standard InChI is InChI=1S/C15H9BrClN3O/c16-11-8-9(4-5-12(11)17)20-15(21)10-2-1-3-13-14(10)19-7-6-18-13/h1-8H,(H,20,21). The van der Waals surface area contributed by atoms with Crippen molar-refractivity contribution in [1.82, 2.24) is 9.97 Å². The summed E-state index contributed by atoms with van der Waals surface area (Å²) < 4.78 is 0.722. The van der Waals surface area contributed by atoms with E-state index in [2.05, 4.69) is 31.2 Å². The predicted molar refractivity (Wildman–Crippen MR) is 86.6 cm³/mol. The Bertz CT molecular complexity index is 833. The number of anilines is 1. The second-order valence-corrected chi connectivity index (χ2v) is 5.57. The van der Waals surface area contributed by atoms with Gasteiger partial charge in [-0.1, -0.05) is 17.7 Å². The fourth-order valence-corrected chi connectivity index (χ4v) is 2.44. The molecule has 21 heavy (non-hydrogen) atoms. The van der Waals surface area contributed by atoms with Gasteiger partial charge in [0.25, 0.3) is 5.91 Å². The molecule has 0 aliphatic heterocycles. The topological polar surface area (TPSA) is 54.9 Å². The Morgan fingerprint density at radius 2 is 1.95 bits per heavy atom. The Hall–Kier alpha value is -1.98. The third kappa shape index (κ3) is 2.89. The first kappa shape index (κ1) is 14.0. The number of fused-ring (bicyclic) bond motifs is 1. The smallest absolute Gasteiger partial charge is 0.257 e. The highest BCUT2D eigenvalue weighted by atomic mass is 79.9. The molecule has 0 unspecified atom stereocenters. The largest absolute Gasteiger partial charge is 0.322 e. The van der Waals surface area contributed by atoms with E-state index in [4.69, 9.17) is 11.6 Å². The van der Waals surface area contributed by atoms with Gasteiger partial charge in [0.1, 0.15) is 5.52 Å². The number of amides is 1. The summed E-state index contributed by atoms with van der Waals surface area (Å²) in [5.74, 6) is -0.240. The molecule has 0 aliphatic rings. The van der Waals surface area contributed by atoms with E-state index in [1.54, 1.807) is 42.7 Å². The van der Waals surface area contributed by atoms with Gasteiger partial charge in [0.15, 0.2) is 0 Å². The van der Waals surface area contributed by atoms with Crippen LogP contribution < -0.4 is 5.32 Å². The fraction of sp³-hybridized carbons (Fsp3) is 0. The highest BCUT2D eigenvalue weighted by Gasteiger charge is 2.12. The molecule has 0 spiro atoms. The molecular formula is C15H9BrClN3O. The average molecular weight is 363 g/mol. The van der Waals surface area contributed by atoms with Crippen LogP contribution in [-0.2, 0) is 0 Å². The van der Waals surface area contributed by atoms with Gasteiger partial charge in [-0.05, 0) is 46.3 Å². The van der Waals surface area contributed by atoms with Crippen LogP contribution in [-0.4, -0.2) is 15.9 Å². The number of carbonyl (C=O) groups is 1. The van der Waals surface area contributed by atoms with Crippen LogP contribution in [0.3, 0.4) is 0 Å². The molecule has 3 rings (SSSR count). The number of nitrogens with one attached hydrogen (secondary N) is 1. The zero-order valence-corrected chi connectivity index (χ0v) is 13.0.